The molecule has 0 unspecified atom stereocenters. The minimum absolute atomic E-state index is 0.204. The highest BCUT2D eigenvalue weighted by Gasteiger charge is 2.17. The zero-order chi connectivity index (χ0) is 9.26. The van der Waals surface area contributed by atoms with Gasteiger partial charge < -0.3 is 10.6 Å². The summed E-state index contributed by atoms with van der Waals surface area (Å²) in [7, 11) is 0. The summed E-state index contributed by atoms with van der Waals surface area (Å²) in [4.78, 5) is 2.22. The second-order valence-corrected chi connectivity index (χ2v) is 3.32. The first-order valence-corrected chi connectivity index (χ1v) is 4.54. The Morgan fingerprint density at radius 3 is 2.69 bits per heavy atom. The van der Waals surface area contributed by atoms with Crippen molar-refractivity contribution in [2.24, 2.45) is 5.73 Å². The maximum Gasteiger partial charge on any atom is 0.123 e. The molecule has 2 N–H and O–H groups in total. The van der Waals surface area contributed by atoms with Crippen LogP contribution in [0.25, 0.3) is 0 Å². The van der Waals surface area contributed by atoms with Crippen LogP contribution in [0.15, 0.2) is 18.2 Å². The van der Waals surface area contributed by atoms with Crippen molar-refractivity contribution in [2.45, 2.75) is 13.0 Å². The summed E-state index contributed by atoms with van der Waals surface area (Å²) in [6.45, 7) is 2.54. The van der Waals surface area contributed by atoms with Crippen LogP contribution in [0.3, 0.4) is 0 Å². The van der Waals surface area contributed by atoms with E-state index in [-0.39, 0.29) is 5.82 Å². The number of benzene rings is 1. The molecule has 13 heavy (non-hydrogen) atoms. The van der Waals surface area contributed by atoms with Crippen LogP contribution in [-0.4, -0.2) is 13.1 Å². The highest BCUT2D eigenvalue weighted by atomic mass is 19.1. The zero-order valence-corrected chi connectivity index (χ0v) is 7.46. The Balaban J connectivity index is 2.32. The lowest BCUT2D eigenvalue weighted by atomic mass is 10.1. The molecular weight excluding hydrogens is 167 g/mol. The lowest BCUT2D eigenvalue weighted by Crippen LogP contribution is -2.37. The first-order valence-electron chi connectivity index (χ1n) is 4.54. The molecule has 1 aromatic carbocycles. The third kappa shape index (κ3) is 1.52. The summed E-state index contributed by atoms with van der Waals surface area (Å²) in [5.74, 6) is -0.204. The molecular formula is C10H13FN2. The quantitative estimate of drug-likeness (QED) is 0.747. The van der Waals surface area contributed by atoms with Crippen molar-refractivity contribution in [3.63, 3.8) is 0 Å². The zero-order valence-electron chi connectivity index (χ0n) is 7.46. The Labute approximate surface area is 77.2 Å². The first kappa shape index (κ1) is 8.51. The molecule has 1 aromatic rings. The fraction of sp³-hybridized carbons (Fsp3) is 0.400. The summed E-state index contributed by atoms with van der Waals surface area (Å²) >= 11 is 0. The van der Waals surface area contributed by atoms with Crippen molar-refractivity contribution in [3.8, 4) is 0 Å². The molecule has 0 bridgehead atoms. The predicted octanol–water partition coefficient (Wildman–Crippen LogP) is 1.49. The Morgan fingerprint density at radius 2 is 2.15 bits per heavy atom. The lowest BCUT2D eigenvalue weighted by molar-refractivity contribution is 0.605. The van der Waals surface area contributed by atoms with E-state index >= 15 is 0 Å². The highest BCUT2D eigenvalue weighted by molar-refractivity contribution is 5.55. The van der Waals surface area contributed by atoms with E-state index < -0.39 is 0 Å². The van der Waals surface area contributed by atoms with Gasteiger partial charge in [-0.2, -0.15) is 0 Å². The van der Waals surface area contributed by atoms with Gasteiger partial charge in [-0.15, -0.1) is 0 Å². The number of rotatable bonds is 2. The van der Waals surface area contributed by atoms with Crippen molar-refractivity contribution in [1.29, 1.82) is 0 Å². The largest absolute Gasteiger partial charge is 0.371 e. The number of halogens is 1. The van der Waals surface area contributed by atoms with Crippen LogP contribution in [0.4, 0.5) is 10.1 Å². The smallest absolute Gasteiger partial charge is 0.123 e. The maximum absolute atomic E-state index is 12.8. The van der Waals surface area contributed by atoms with Crippen LogP contribution in [0, 0.1) is 5.82 Å². The van der Waals surface area contributed by atoms with E-state index in [9.17, 15) is 4.39 Å². The van der Waals surface area contributed by atoms with Gasteiger partial charge in [0.25, 0.3) is 0 Å². The number of nitrogens with two attached hydrogens (primary N) is 1. The molecule has 0 aromatic heterocycles. The fourth-order valence-corrected chi connectivity index (χ4v) is 1.58. The van der Waals surface area contributed by atoms with E-state index in [1.54, 1.807) is 0 Å². The van der Waals surface area contributed by atoms with Crippen molar-refractivity contribution in [2.75, 3.05) is 18.0 Å². The second-order valence-electron chi connectivity index (χ2n) is 3.32. The molecule has 0 saturated carbocycles. The van der Waals surface area contributed by atoms with Crippen LogP contribution in [0.5, 0.6) is 0 Å². The average Bonchev–Trinajstić information content (AvgIpc) is 2.05. The van der Waals surface area contributed by atoms with E-state index in [1.807, 2.05) is 6.07 Å². The van der Waals surface area contributed by atoms with Crippen LogP contribution >= 0.6 is 0 Å². The molecule has 1 heterocycles. The minimum Gasteiger partial charge on any atom is -0.371 e. The van der Waals surface area contributed by atoms with Gasteiger partial charge in [-0.25, -0.2) is 4.39 Å². The van der Waals surface area contributed by atoms with Crippen molar-refractivity contribution >= 4 is 5.69 Å². The molecule has 0 amide bonds. The van der Waals surface area contributed by atoms with E-state index in [4.69, 9.17) is 5.73 Å². The number of hydrogen-bond donors (Lipinski definition) is 1. The SMILES string of the molecule is NCc1cc(F)ccc1N1CCC1. The van der Waals surface area contributed by atoms with Crippen LogP contribution in [0.2, 0.25) is 0 Å². The van der Waals surface area contributed by atoms with Crippen molar-refractivity contribution in [3.05, 3.63) is 29.6 Å². The molecule has 0 aliphatic carbocycles. The third-order valence-electron chi connectivity index (χ3n) is 2.46. The summed E-state index contributed by atoms with van der Waals surface area (Å²) in [6.07, 6.45) is 1.22. The van der Waals surface area contributed by atoms with E-state index in [1.165, 1.54) is 18.6 Å². The lowest BCUT2D eigenvalue weighted by Gasteiger charge is -2.34. The second kappa shape index (κ2) is 3.34. The van der Waals surface area contributed by atoms with Gasteiger partial charge >= 0.3 is 0 Å². The predicted molar refractivity (Wildman–Crippen MR) is 51.1 cm³/mol. The molecule has 1 aliphatic rings. The van der Waals surface area contributed by atoms with Crippen LogP contribution in [-0.2, 0) is 6.54 Å². The fourth-order valence-electron chi connectivity index (χ4n) is 1.58. The highest BCUT2D eigenvalue weighted by Crippen LogP contribution is 2.25. The molecule has 3 heteroatoms. The summed E-state index contributed by atoms with van der Waals surface area (Å²) in [6, 6.07) is 4.83. The standard InChI is InChI=1S/C10H13FN2/c11-9-2-3-10(8(6-9)7-12)13-4-1-5-13/h2-3,6H,1,4-5,7,12H2. The summed E-state index contributed by atoms with van der Waals surface area (Å²) in [5.41, 5.74) is 7.54. The van der Waals surface area contributed by atoms with Gasteiger partial charge in [0.05, 0.1) is 0 Å². The number of anilines is 1. The Hall–Kier alpha value is -1.09. The van der Waals surface area contributed by atoms with Gasteiger partial charge in [0, 0.05) is 25.3 Å². The number of nitrogens with zero attached hydrogens (tertiary/aromatic N) is 1. The van der Waals surface area contributed by atoms with E-state index in [0.717, 1.165) is 24.3 Å². The normalized spacial score (nSPS) is 15.7. The minimum atomic E-state index is -0.204. The molecule has 0 spiro atoms. The van der Waals surface area contributed by atoms with Gasteiger partial charge in [-0.1, -0.05) is 0 Å². The van der Waals surface area contributed by atoms with Gasteiger partial charge in [-0.05, 0) is 30.2 Å². The molecule has 2 rings (SSSR count). The monoisotopic (exact) mass is 180 g/mol. The van der Waals surface area contributed by atoms with E-state index in [2.05, 4.69) is 4.90 Å². The first-order chi connectivity index (χ1) is 6.31. The van der Waals surface area contributed by atoms with Crippen molar-refractivity contribution in [1.82, 2.24) is 0 Å². The number of hydrogen-bond acceptors (Lipinski definition) is 2. The molecule has 1 saturated heterocycles. The average molecular weight is 180 g/mol. The van der Waals surface area contributed by atoms with Gasteiger partial charge in [-0.3, -0.25) is 0 Å². The van der Waals surface area contributed by atoms with E-state index in [0.29, 0.717) is 6.54 Å². The molecule has 0 atom stereocenters. The Morgan fingerprint density at radius 1 is 1.38 bits per heavy atom. The van der Waals surface area contributed by atoms with Crippen molar-refractivity contribution < 1.29 is 4.39 Å². The van der Waals surface area contributed by atoms with Gasteiger partial charge in [0.1, 0.15) is 5.82 Å². The van der Waals surface area contributed by atoms with Gasteiger partial charge in [0.2, 0.25) is 0 Å². The third-order valence-corrected chi connectivity index (χ3v) is 2.46. The topological polar surface area (TPSA) is 29.3 Å². The molecule has 70 valence electrons. The molecule has 2 nitrogen and oxygen atoms in total. The Kier molecular flexibility index (Phi) is 2.19. The molecule has 1 aliphatic heterocycles. The van der Waals surface area contributed by atoms with Crippen LogP contribution < -0.4 is 10.6 Å². The Bertz CT molecular complexity index is 308. The molecule has 1 fully saturated rings. The maximum atomic E-state index is 12.8. The van der Waals surface area contributed by atoms with Crippen LogP contribution in [0.1, 0.15) is 12.0 Å². The van der Waals surface area contributed by atoms with Gasteiger partial charge in [0.15, 0.2) is 0 Å². The summed E-state index contributed by atoms with van der Waals surface area (Å²) < 4.78 is 12.8. The summed E-state index contributed by atoms with van der Waals surface area (Å²) in [5, 5.41) is 0. The molecule has 0 radical (unpaired) electrons.